The van der Waals surface area contributed by atoms with Crippen molar-refractivity contribution in [2.75, 3.05) is 33.0 Å². The van der Waals surface area contributed by atoms with Gasteiger partial charge in [0, 0.05) is 20.5 Å². The average Bonchev–Trinajstić information content (AvgIpc) is 2.58. The lowest BCUT2D eigenvalue weighted by molar-refractivity contribution is -0.291. The molecule has 0 unspecified atom stereocenters. The molecule has 0 aromatic heterocycles. The van der Waals surface area contributed by atoms with Crippen LogP contribution in [0.2, 0.25) is 0 Å². The third-order valence-electron chi connectivity index (χ3n) is 1.56. The zero-order valence-corrected chi connectivity index (χ0v) is 10.0. The molecule has 0 amide bonds. The lowest BCUT2D eigenvalue weighted by Gasteiger charge is -2.11. The van der Waals surface area contributed by atoms with E-state index in [1.807, 2.05) is 6.92 Å². The molecule has 1 N–H and O–H groups in total. The average molecular weight is 236 g/mol. The summed E-state index contributed by atoms with van der Waals surface area (Å²) in [4.78, 5) is 10.1. The molecule has 0 aromatic carbocycles. The van der Waals surface area contributed by atoms with Crippen LogP contribution in [-0.2, 0) is 23.7 Å². The van der Waals surface area contributed by atoms with Gasteiger partial charge in [-0.25, -0.2) is 0 Å². The molecule has 0 saturated carbocycles. The molecule has 1 saturated heterocycles. The van der Waals surface area contributed by atoms with Crippen LogP contribution in [0.4, 0.5) is 0 Å². The van der Waals surface area contributed by atoms with E-state index < -0.39 is 5.97 Å². The predicted molar refractivity (Wildman–Crippen MR) is 55.7 cm³/mol. The highest BCUT2D eigenvalue weighted by Crippen LogP contribution is 2.12. The van der Waals surface area contributed by atoms with Crippen molar-refractivity contribution in [3.05, 3.63) is 0 Å². The van der Waals surface area contributed by atoms with E-state index in [1.165, 1.54) is 13.8 Å². The maximum atomic E-state index is 10.1. The lowest BCUT2D eigenvalue weighted by atomic mass is 10.7. The first-order chi connectivity index (χ1) is 7.48. The van der Waals surface area contributed by atoms with E-state index in [9.17, 15) is 4.79 Å². The van der Waals surface area contributed by atoms with E-state index in [-0.39, 0.29) is 5.97 Å². The summed E-state index contributed by atoms with van der Waals surface area (Å²) in [5, 5.41) is 8.75. The van der Waals surface area contributed by atoms with Crippen LogP contribution in [0.5, 0.6) is 0 Å². The van der Waals surface area contributed by atoms with Crippen molar-refractivity contribution in [2.24, 2.45) is 0 Å². The molecule has 1 fully saturated rings. The topological polar surface area (TPSA) is 74.2 Å². The number of ether oxygens (including phenoxy) is 4. The Kier molecular flexibility index (Phi) is 8.10. The lowest BCUT2D eigenvalue weighted by Crippen LogP contribution is -2.23. The van der Waals surface area contributed by atoms with Crippen LogP contribution in [0.25, 0.3) is 0 Å². The number of rotatable bonds is 4. The molecule has 0 aliphatic carbocycles. The van der Waals surface area contributed by atoms with Gasteiger partial charge in [-0.05, 0) is 6.92 Å². The second-order valence-electron chi connectivity index (χ2n) is 3.13. The summed E-state index contributed by atoms with van der Waals surface area (Å²) in [6.45, 7) is 7.26. The van der Waals surface area contributed by atoms with E-state index >= 15 is 0 Å². The van der Waals surface area contributed by atoms with Crippen molar-refractivity contribution in [2.45, 2.75) is 26.7 Å². The number of hydrogen-bond donors (Lipinski definition) is 1. The molecule has 1 aliphatic heterocycles. The van der Waals surface area contributed by atoms with Gasteiger partial charge in [-0.2, -0.15) is 0 Å². The molecule has 0 radical (unpaired) electrons. The number of aliphatic hydroxyl groups is 1. The Morgan fingerprint density at radius 2 is 1.94 bits per heavy atom. The first-order valence-corrected chi connectivity index (χ1v) is 5.19. The quantitative estimate of drug-likeness (QED) is 0.558. The molecule has 16 heavy (non-hydrogen) atoms. The van der Waals surface area contributed by atoms with Crippen molar-refractivity contribution in [1.29, 1.82) is 0 Å². The second-order valence-corrected chi connectivity index (χ2v) is 3.13. The van der Waals surface area contributed by atoms with Gasteiger partial charge in [-0.1, -0.05) is 0 Å². The number of carbonyl (C=O) groups excluding carboxylic acids is 1. The van der Waals surface area contributed by atoms with E-state index in [2.05, 4.69) is 14.2 Å². The van der Waals surface area contributed by atoms with Gasteiger partial charge in [0.1, 0.15) is 6.61 Å². The van der Waals surface area contributed by atoms with Gasteiger partial charge in [0.05, 0.1) is 19.8 Å². The Bertz CT molecular complexity index is 184. The van der Waals surface area contributed by atoms with Crippen LogP contribution in [-0.4, -0.2) is 50.1 Å². The van der Waals surface area contributed by atoms with E-state index in [0.29, 0.717) is 33.0 Å². The van der Waals surface area contributed by atoms with Gasteiger partial charge < -0.3 is 24.1 Å². The largest absolute Gasteiger partial charge is 0.463 e. The van der Waals surface area contributed by atoms with E-state index in [1.54, 1.807) is 0 Å². The summed E-state index contributed by atoms with van der Waals surface area (Å²) < 4.78 is 18.8. The Morgan fingerprint density at radius 1 is 1.38 bits per heavy atom. The predicted octanol–water partition coefficient (Wildman–Crippen LogP) is 0.285. The van der Waals surface area contributed by atoms with Crippen LogP contribution >= 0.6 is 0 Å². The molecular weight excluding hydrogens is 216 g/mol. The van der Waals surface area contributed by atoms with Crippen LogP contribution in [0.3, 0.4) is 0 Å². The molecule has 1 rings (SSSR count). The maximum absolute atomic E-state index is 10.1. The Hall–Kier alpha value is -0.690. The first kappa shape index (κ1) is 15.3. The highest BCUT2D eigenvalue weighted by molar-refractivity contribution is 5.65. The van der Waals surface area contributed by atoms with Gasteiger partial charge in [-0.15, -0.1) is 0 Å². The van der Waals surface area contributed by atoms with Crippen molar-refractivity contribution in [1.82, 2.24) is 0 Å². The summed E-state index contributed by atoms with van der Waals surface area (Å²) in [6, 6.07) is 0. The highest BCUT2D eigenvalue weighted by Gasteiger charge is 2.26. The number of esters is 1. The fourth-order valence-corrected chi connectivity index (χ4v) is 0.892. The fourth-order valence-electron chi connectivity index (χ4n) is 0.892. The molecular formula is C10H20O6. The molecule has 96 valence electrons. The molecule has 0 bridgehead atoms. The second kappa shape index (κ2) is 8.46. The SMILES string of the molecule is CC1(O)OCCO1.CCOCCOC(C)=O. The minimum Gasteiger partial charge on any atom is -0.463 e. The highest BCUT2D eigenvalue weighted by atomic mass is 16.8. The van der Waals surface area contributed by atoms with Crippen LogP contribution in [0, 0.1) is 0 Å². The standard InChI is InChI=1S/C6H12O3.C4H8O3/c1-3-8-4-5-9-6(2)7;1-4(5)6-2-3-7-4/h3-5H2,1-2H3;5H,2-3H2,1H3. The summed E-state index contributed by atoms with van der Waals surface area (Å²) in [7, 11) is 0. The third-order valence-corrected chi connectivity index (χ3v) is 1.56. The molecule has 6 nitrogen and oxygen atoms in total. The van der Waals surface area contributed by atoms with Crippen molar-refractivity contribution in [3.8, 4) is 0 Å². The fraction of sp³-hybridized carbons (Fsp3) is 0.900. The minimum atomic E-state index is -1.31. The van der Waals surface area contributed by atoms with Gasteiger partial charge in [0.25, 0.3) is 5.97 Å². The molecule has 0 atom stereocenters. The van der Waals surface area contributed by atoms with Gasteiger partial charge in [0.15, 0.2) is 0 Å². The number of hydrogen-bond acceptors (Lipinski definition) is 6. The molecule has 1 heterocycles. The summed E-state index contributed by atoms with van der Waals surface area (Å²) in [5.74, 6) is -1.56. The zero-order chi connectivity index (χ0) is 12.4. The Labute approximate surface area is 95.4 Å². The first-order valence-electron chi connectivity index (χ1n) is 5.19. The monoisotopic (exact) mass is 236 g/mol. The van der Waals surface area contributed by atoms with Crippen molar-refractivity contribution >= 4 is 5.97 Å². The summed E-state index contributed by atoms with van der Waals surface area (Å²) >= 11 is 0. The normalized spacial score (nSPS) is 17.5. The third kappa shape index (κ3) is 9.85. The molecule has 6 heteroatoms. The summed E-state index contributed by atoms with van der Waals surface area (Å²) in [5.41, 5.74) is 0. The molecule has 1 aliphatic rings. The molecule has 0 spiro atoms. The van der Waals surface area contributed by atoms with Crippen LogP contribution in [0.1, 0.15) is 20.8 Å². The van der Waals surface area contributed by atoms with Crippen LogP contribution in [0.15, 0.2) is 0 Å². The molecule has 0 aromatic rings. The van der Waals surface area contributed by atoms with Crippen molar-refractivity contribution in [3.63, 3.8) is 0 Å². The van der Waals surface area contributed by atoms with E-state index in [0.717, 1.165) is 0 Å². The minimum absolute atomic E-state index is 0.255. The van der Waals surface area contributed by atoms with Crippen molar-refractivity contribution < 1.29 is 28.8 Å². The Morgan fingerprint density at radius 3 is 2.25 bits per heavy atom. The van der Waals surface area contributed by atoms with Crippen LogP contribution < -0.4 is 0 Å². The summed E-state index contributed by atoms with van der Waals surface area (Å²) in [6.07, 6.45) is 0. The zero-order valence-electron chi connectivity index (χ0n) is 10.0. The van der Waals surface area contributed by atoms with Gasteiger partial charge in [0.2, 0.25) is 0 Å². The Balaban J connectivity index is 0.000000288. The smallest absolute Gasteiger partial charge is 0.302 e. The number of carbonyl (C=O) groups is 1. The van der Waals surface area contributed by atoms with Gasteiger partial charge in [-0.3, -0.25) is 4.79 Å². The van der Waals surface area contributed by atoms with Gasteiger partial charge >= 0.3 is 5.97 Å². The van der Waals surface area contributed by atoms with E-state index in [4.69, 9.17) is 9.84 Å². The maximum Gasteiger partial charge on any atom is 0.302 e.